The van der Waals surface area contributed by atoms with Gasteiger partial charge in [-0.2, -0.15) is 0 Å². The number of nitrogens with two attached hydrogens (primary N) is 1. The van der Waals surface area contributed by atoms with Crippen LogP contribution in [0.4, 0.5) is 5.82 Å². The first-order valence-corrected chi connectivity index (χ1v) is 4.42. The zero-order valence-corrected chi connectivity index (χ0v) is 8.28. The molecule has 0 fully saturated rings. The van der Waals surface area contributed by atoms with Crippen molar-refractivity contribution in [2.24, 2.45) is 0 Å². The van der Waals surface area contributed by atoms with E-state index in [2.05, 4.69) is 0 Å². The number of hydrogen-bond acceptors (Lipinski definition) is 3. The SMILES string of the molecule is [2H]C([2H])([2H])C([2H])([2H])C([2H])([2H])n1c(N)cc(=O)n(CCC)c1=O. The average molecular weight is 218 g/mol. The third-order valence-electron chi connectivity index (χ3n) is 1.83. The molecule has 0 amide bonds. The first-order valence-electron chi connectivity index (χ1n) is 7.92. The summed E-state index contributed by atoms with van der Waals surface area (Å²) < 4.78 is 53.1. The van der Waals surface area contributed by atoms with E-state index in [4.69, 9.17) is 15.3 Å². The standard InChI is InChI=1S/C10H17N3O2/c1-3-5-12-8(11)7-9(14)13(6-4-2)10(12)15/h7H,3-6,11H2,1-2H3/i1D3,3D2,5D2. The maximum atomic E-state index is 12.3. The Balaban J connectivity index is 3.73. The molecule has 5 heteroatoms. The predicted molar refractivity (Wildman–Crippen MR) is 60.0 cm³/mol. The van der Waals surface area contributed by atoms with Crippen LogP contribution in [0.1, 0.15) is 36.2 Å². The Kier molecular flexibility index (Phi) is 1.61. The molecule has 0 radical (unpaired) electrons. The molecular formula is C10H17N3O2. The summed E-state index contributed by atoms with van der Waals surface area (Å²) in [5.41, 5.74) is 3.52. The van der Waals surface area contributed by atoms with Gasteiger partial charge in [-0.15, -0.1) is 0 Å². The second kappa shape index (κ2) is 4.82. The highest BCUT2D eigenvalue weighted by atomic mass is 16.2. The lowest BCUT2D eigenvalue weighted by Crippen LogP contribution is -2.40. The molecule has 0 unspecified atom stereocenters. The molecule has 0 saturated heterocycles. The number of hydrogen-bond donors (Lipinski definition) is 1. The van der Waals surface area contributed by atoms with Gasteiger partial charge in [0.2, 0.25) is 0 Å². The van der Waals surface area contributed by atoms with Gasteiger partial charge < -0.3 is 5.73 Å². The molecule has 1 heterocycles. The van der Waals surface area contributed by atoms with Crippen molar-refractivity contribution in [2.75, 3.05) is 5.73 Å². The van der Waals surface area contributed by atoms with E-state index in [-0.39, 0.29) is 11.1 Å². The predicted octanol–water partition coefficient (Wildman–Crippen LogP) is 0.412. The minimum absolute atomic E-state index is 0.0230. The molecule has 84 valence electrons. The highest BCUT2D eigenvalue weighted by Gasteiger charge is 2.07. The van der Waals surface area contributed by atoms with Crippen LogP contribution >= 0.6 is 0 Å². The van der Waals surface area contributed by atoms with E-state index in [9.17, 15) is 9.59 Å². The second-order valence-corrected chi connectivity index (χ2v) is 2.91. The van der Waals surface area contributed by atoms with Crippen LogP contribution in [0.5, 0.6) is 0 Å². The van der Waals surface area contributed by atoms with E-state index in [0.717, 1.165) is 6.07 Å². The van der Waals surface area contributed by atoms with Crippen LogP contribution in [0.15, 0.2) is 15.7 Å². The van der Waals surface area contributed by atoms with Crippen LogP contribution in [0.3, 0.4) is 0 Å². The Morgan fingerprint density at radius 2 is 2.27 bits per heavy atom. The Labute approximate surface area is 98.0 Å². The summed E-state index contributed by atoms with van der Waals surface area (Å²) in [6.07, 6.45) is -3.00. The van der Waals surface area contributed by atoms with Gasteiger partial charge in [0, 0.05) is 28.7 Å². The smallest absolute Gasteiger partial charge is 0.332 e. The van der Waals surface area contributed by atoms with Crippen LogP contribution in [0, 0.1) is 0 Å². The average Bonchev–Trinajstić information content (AvgIpc) is 2.32. The van der Waals surface area contributed by atoms with Gasteiger partial charge >= 0.3 is 5.69 Å². The molecule has 0 spiro atoms. The van der Waals surface area contributed by atoms with Gasteiger partial charge in [0.1, 0.15) is 5.82 Å². The fourth-order valence-electron chi connectivity index (χ4n) is 1.19. The molecule has 15 heavy (non-hydrogen) atoms. The molecule has 0 aromatic carbocycles. The third kappa shape index (κ3) is 2.29. The molecular weight excluding hydrogens is 194 g/mol. The number of aromatic nitrogens is 2. The van der Waals surface area contributed by atoms with Gasteiger partial charge in [0.05, 0.1) is 0 Å². The molecule has 5 nitrogen and oxygen atoms in total. The summed E-state index contributed by atoms with van der Waals surface area (Å²) in [7, 11) is 0. The topological polar surface area (TPSA) is 70.0 Å². The minimum atomic E-state index is -3.40. The molecule has 0 aliphatic carbocycles. The van der Waals surface area contributed by atoms with Gasteiger partial charge in [-0.1, -0.05) is 13.8 Å². The van der Waals surface area contributed by atoms with E-state index in [1.807, 2.05) is 0 Å². The van der Waals surface area contributed by atoms with E-state index < -0.39 is 36.8 Å². The molecule has 0 atom stereocenters. The van der Waals surface area contributed by atoms with Gasteiger partial charge in [-0.25, -0.2) is 4.79 Å². The van der Waals surface area contributed by atoms with Crippen LogP contribution in [0.2, 0.25) is 0 Å². The molecule has 0 aliphatic heterocycles. The fourth-order valence-corrected chi connectivity index (χ4v) is 1.19. The Morgan fingerprint density at radius 1 is 1.53 bits per heavy atom. The molecule has 0 saturated carbocycles. The van der Waals surface area contributed by atoms with Crippen LogP contribution in [-0.2, 0) is 13.0 Å². The van der Waals surface area contributed by atoms with Crippen molar-refractivity contribution in [3.05, 3.63) is 26.9 Å². The van der Waals surface area contributed by atoms with Crippen molar-refractivity contribution < 1.29 is 9.60 Å². The first-order chi connectivity index (χ1) is 9.79. The van der Waals surface area contributed by atoms with Crippen molar-refractivity contribution in [3.8, 4) is 0 Å². The highest BCUT2D eigenvalue weighted by Crippen LogP contribution is 1.96. The summed E-state index contributed by atoms with van der Waals surface area (Å²) in [6, 6.07) is 0.768. The van der Waals surface area contributed by atoms with Crippen LogP contribution in [-0.4, -0.2) is 9.13 Å². The summed E-state index contributed by atoms with van der Waals surface area (Å²) in [6.45, 7) is -4.95. The molecule has 2 N–H and O–H groups in total. The lowest BCUT2D eigenvalue weighted by Gasteiger charge is -2.10. The lowest BCUT2D eigenvalue weighted by atomic mass is 10.4. The van der Waals surface area contributed by atoms with Crippen molar-refractivity contribution in [1.29, 1.82) is 0 Å². The van der Waals surface area contributed by atoms with E-state index in [1.165, 1.54) is 0 Å². The van der Waals surface area contributed by atoms with Gasteiger partial charge in [0.15, 0.2) is 0 Å². The zero-order chi connectivity index (χ0) is 17.5. The van der Waals surface area contributed by atoms with Crippen molar-refractivity contribution in [2.45, 2.75) is 39.6 Å². The summed E-state index contributed by atoms with van der Waals surface area (Å²) >= 11 is 0. The first kappa shape index (κ1) is 5.01. The summed E-state index contributed by atoms with van der Waals surface area (Å²) in [4.78, 5) is 24.0. The second-order valence-electron chi connectivity index (χ2n) is 2.91. The maximum absolute atomic E-state index is 12.3. The van der Waals surface area contributed by atoms with Crippen LogP contribution < -0.4 is 17.0 Å². The zero-order valence-electron chi connectivity index (χ0n) is 15.3. The number of nitrogens with zero attached hydrogens (tertiary/aromatic N) is 2. The van der Waals surface area contributed by atoms with E-state index in [0.29, 0.717) is 11.0 Å². The number of nitrogen functional groups attached to an aromatic ring is 1. The van der Waals surface area contributed by atoms with Gasteiger partial charge in [-0.3, -0.25) is 13.9 Å². The molecule has 0 aliphatic rings. The Morgan fingerprint density at radius 3 is 2.87 bits per heavy atom. The fraction of sp³-hybridized carbons (Fsp3) is 0.600. The van der Waals surface area contributed by atoms with Crippen molar-refractivity contribution in [3.63, 3.8) is 0 Å². The largest absolute Gasteiger partial charge is 0.385 e. The monoisotopic (exact) mass is 218 g/mol. The van der Waals surface area contributed by atoms with E-state index in [1.54, 1.807) is 6.92 Å². The molecule has 1 aromatic rings. The lowest BCUT2D eigenvalue weighted by molar-refractivity contribution is 0.546. The van der Waals surface area contributed by atoms with Crippen LogP contribution in [0.25, 0.3) is 0 Å². The van der Waals surface area contributed by atoms with E-state index >= 15 is 0 Å². The van der Waals surface area contributed by atoms with Crippen molar-refractivity contribution in [1.82, 2.24) is 9.13 Å². The van der Waals surface area contributed by atoms with Crippen molar-refractivity contribution >= 4 is 5.82 Å². The summed E-state index contributed by atoms with van der Waals surface area (Å²) in [5, 5.41) is 0. The molecule has 1 rings (SSSR count). The minimum Gasteiger partial charge on any atom is -0.385 e. The Hall–Kier alpha value is -1.52. The summed E-state index contributed by atoms with van der Waals surface area (Å²) in [5.74, 6) is -0.638. The number of rotatable bonds is 4. The normalized spacial score (nSPS) is 20.2. The van der Waals surface area contributed by atoms with Gasteiger partial charge in [0.25, 0.3) is 5.56 Å². The Bertz CT molecular complexity index is 675. The maximum Gasteiger partial charge on any atom is 0.332 e. The molecule has 1 aromatic heterocycles. The quantitative estimate of drug-likeness (QED) is 0.796. The number of anilines is 1. The molecule has 0 bridgehead atoms. The third-order valence-corrected chi connectivity index (χ3v) is 1.83. The highest BCUT2D eigenvalue weighted by molar-refractivity contribution is 5.26. The van der Waals surface area contributed by atoms with Gasteiger partial charge in [-0.05, 0) is 12.8 Å².